The summed E-state index contributed by atoms with van der Waals surface area (Å²) in [5, 5.41) is 6.95. The second-order valence-corrected chi connectivity index (χ2v) is 6.81. The molecule has 2 fully saturated rings. The molecule has 1 N–H and O–H groups in total. The molecule has 4 rings (SSSR count). The molecule has 0 unspecified atom stereocenters. The Kier molecular flexibility index (Phi) is 4.26. The third kappa shape index (κ3) is 3.29. The predicted molar refractivity (Wildman–Crippen MR) is 92.4 cm³/mol. The van der Waals surface area contributed by atoms with Gasteiger partial charge < -0.3 is 14.7 Å². The number of amides is 2. The fraction of sp³-hybridized carbons (Fsp3) is 0.421. The Morgan fingerprint density at radius 2 is 1.96 bits per heavy atom. The van der Waals surface area contributed by atoms with Gasteiger partial charge in [0.2, 0.25) is 11.7 Å². The number of nitrogens with zero attached hydrogens (tertiary/aromatic N) is 2. The highest BCUT2D eigenvalue weighted by Gasteiger charge is 2.32. The minimum atomic E-state index is -0.301. The number of carbonyl (C=O) groups excluding carboxylic acids is 2. The van der Waals surface area contributed by atoms with E-state index in [4.69, 9.17) is 4.52 Å². The van der Waals surface area contributed by atoms with E-state index in [0.29, 0.717) is 18.9 Å². The van der Waals surface area contributed by atoms with Gasteiger partial charge in [-0.05, 0) is 25.0 Å². The average molecular weight is 339 g/mol. The van der Waals surface area contributed by atoms with E-state index in [0.717, 1.165) is 24.2 Å². The van der Waals surface area contributed by atoms with Crippen LogP contribution < -0.4 is 10.2 Å². The Morgan fingerprint density at radius 1 is 1.20 bits per heavy atom. The van der Waals surface area contributed by atoms with E-state index in [1.165, 1.54) is 12.8 Å². The van der Waals surface area contributed by atoms with E-state index in [9.17, 15) is 9.59 Å². The van der Waals surface area contributed by atoms with Gasteiger partial charge in [0.05, 0.1) is 11.7 Å². The summed E-state index contributed by atoms with van der Waals surface area (Å²) in [6.45, 7) is 0.470. The van der Waals surface area contributed by atoms with Crippen LogP contribution in [0, 0.1) is 0 Å². The number of hydrogen-bond acceptors (Lipinski definition) is 4. The number of anilines is 1. The summed E-state index contributed by atoms with van der Waals surface area (Å²) in [5.74, 6) is 0.351. The fourth-order valence-corrected chi connectivity index (χ4v) is 3.73. The van der Waals surface area contributed by atoms with E-state index in [1.54, 1.807) is 11.0 Å². The summed E-state index contributed by atoms with van der Waals surface area (Å²) in [6.07, 6.45) is 4.93. The number of benzene rings is 1. The van der Waals surface area contributed by atoms with Crippen LogP contribution in [0.1, 0.15) is 54.3 Å². The van der Waals surface area contributed by atoms with Gasteiger partial charge in [-0.3, -0.25) is 9.59 Å². The van der Waals surface area contributed by atoms with Crippen LogP contribution in [0.5, 0.6) is 0 Å². The van der Waals surface area contributed by atoms with Gasteiger partial charge in [-0.15, -0.1) is 0 Å². The molecule has 1 saturated heterocycles. The van der Waals surface area contributed by atoms with Crippen LogP contribution in [0.15, 0.2) is 40.9 Å². The minimum Gasteiger partial charge on any atom is -0.351 e. The van der Waals surface area contributed by atoms with Crippen molar-refractivity contribution in [3.05, 3.63) is 47.9 Å². The Morgan fingerprint density at radius 3 is 2.72 bits per heavy atom. The van der Waals surface area contributed by atoms with Crippen molar-refractivity contribution in [1.82, 2.24) is 10.5 Å². The van der Waals surface area contributed by atoms with Gasteiger partial charge in [0.15, 0.2) is 0 Å². The molecule has 2 amide bonds. The van der Waals surface area contributed by atoms with Gasteiger partial charge in [0.25, 0.3) is 5.91 Å². The third-order valence-corrected chi connectivity index (χ3v) is 5.05. The molecule has 2 heterocycles. The first-order valence-electron chi connectivity index (χ1n) is 8.83. The quantitative estimate of drug-likeness (QED) is 0.929. The first-order valence-corrected chi connectivity index (χ1v) is 8.83. The fourth-order valence-electron chi connectivity index (χ4n) is 3.73. The van der Waals surface area contributed by atoms with Crippen LogP contribution in [0.4, 0.5) is 5.69 Å². The number of aromatic nitrogens is 1. The van der Waals surface area contributed by atoms with E-state index < -0.39 is 0 Å². The van der Waals surface area contributed by atoms with E-state index in [2.05, 4.69) is 10.5 Å². The molecule has 130 valence electrons. The molecule has 6 nitrogen and oxygen atoms in total. The van der Waals surface area contributed by atoms with E-state index in [1.807, 2.05) is 30.3 Å². The normalized spacial score (nSPS) is 21.0. The standard InChI is InChI=1S/C19H21N3O3/c23-18-10-14(12-22(18)15-8-2-1-3-9-15)20-19(24)17-11-16(21-25-17)13-6-4-5-7-13/h1-3,8-9,11,13-14H,4-7,10,12H2,(H,20,24)/t14-/m0/s1. The highest BCUT2D eigenvalue weighted by molar-refractivity contribution is 5.98. The maximum absolute atomic E-state index is 12.4. The van der Waals surface area contributed by atoms with Crippen molar-refractivity contribution in [2.24, 2.45) is 0 Å². The molecule has 25 heavy (non-hydrogen) atoms. The second kappa shape index (κ2) is 6.70. The lowest BCUT2D eigenvalue weighted by molar-refractivity contribution is -0.117. The number of nitrogens with one attached hydrogen (secondary N) is 1. The lowest BCUT2D eigenvalue weighted by atomic mass is 10.0. The zero-order chi connectivity index (χ0) is 17.2. The van der Waals surface area contributed by atoms with E-state index in [-0.39, 0.29) is 23.6 Å². The van der Waals surface area contributed by atoms with Crippen molar-refractivity contribution < 1.29 is 14.1 Å². The van der Waals surface area contributed by atoms with Gasteiger partial charge in [-0.1, -0.05) is 36.2 Å². The van der Waals surface area contributed by atoms with Crippen molar-refractivity contribution in [3.8, 4) is 0 Å². The molecular weight excluding hydrogens is 318 g/mol. The van der Waals surface area contributed by atoms with Crippen LogP contribution in [0.2, 0.25) is 0 Å². The Bertz CT molecular complexity index is 765. The maximum atomic E-state index is 12.4. The number of hydrogen-bond donors (Lipinski definition) is 1. The van der Waals surface area contributed by atoms with Crippen molar-refractivity contribution in [2.45, 2.75) is 44.1 Å². The van der Waals surface area contributed by atoms with Gasteiger partial charge in [0, 0.05) is 30.6 Å². The molecule has 1 aromatic heterocycles. The number of para-hydroxylation sites is 1. The summed E-state index contributed by atoms with van der Waals surface area (Å²) in [6, 6.07) is 11.0. The van der Waals surface area contributed by atoms with Gasteiger partial charge in [-0.25, -0.2) is 0 Å². The van der Waals surface area contributed by atoms with Crippen LogP contribution in [0.3, 0.4) is 0 Å². The zero-order valence-corrected chi connectivity index (χ0v) is 14.0. The van der Waals surface area contributed by atoms with Crippen LogP contribution in [0.25, 0.3) is 0 Å². The summed E-state index contributed by atoms with van der Waals surface area (Å²) >= 11 is 0. The molecule has 1 aliphatic carbocycles. The van der Waals surface area contributed by atoms with Crippen LogP contribution in [-0.2, 0) is 4.79 Å². The first kappa shape index (κ1) is 15.9. The third-order valence-electron chi connectivity index (χ3n) is 5.05. The number of carbonyl (C=O) groups is 2. The molecule has 1 aliphatic heterocycles. The molecule has 1 aromatic carbocycles. The first-order chi connectivity index (χ1) is 12.2. The second-order valence-electron chi connectivity index (χ2n) is 6.81. The smallest absolute Gasteiger partial charge is 0.290 e. The molecule has 0 bridgehead atoms. The van der Waals surface area contributed by atoms with Crippen molar-refractivity contribution in [3.63, 3.8) is 0 Å². The summed E-state index contributed by atoms with van der Waals surface area (Å²) in [4.78, 5) is 26.3. The van der Waals surface area contributed by atoms with Crippen molar-refractivity contribution in [2.75, 3.05) is 11.4 Å². The molecule has 1 saturated carbocycles. The molecule has 6 heteroatoms. The monoisotopic (exact) mass is 339 g/mol. The molecule has 0 spiro atoms. The SMILES string of the molecule is O=C(N[C@H]1CC(=O)N(c2ccccc2)C1)c1cc(C2CCCC2)no1. The Hall–Kier alpha value is -2.63. The van der Waals surface area contributed by atoms with Gasteiger partial charge in [0.1, 0.15) is 0 Å². The van der Waals surface area contributed by atoms with Crippen molar-refractivity contribution in [1.29, 1.82) is 0 Å². The largest absolute Gasteiger partial charge is 0.351 e. The minimum absolute atomic E-state index is 0.0146. The summed E-state index contributed by atoms with van der Waals surface area (Å²) in [5.41, 5.74) is 1.73. The highest BCUT2D eigenvalue weighted by atomic mass is 16.5. The highest BCUT2D eigenvalue weighted by Crippen LogP contribution is 2.33. The average Bonchev–Trinajstić information content (AvgIpc) is 3.36. The molecular formula is C19H21N3O3. The van der Waals surface area contributed by atoms with Crippen molar-refractivity contribution >= 4 is 17.5 Å². The topological polar surface area (TPSA) is 75.4 Å². The maximum Gasteiger partial charge on any atom is 0.290 e. The lowest BCUT2D eigenvalue weighted by Crippen LogP contribution is -2.37. The van der Waals surface area contributed by atoms with Gasteiger partial charge in [-0.2, -0.15) is 0 Å². The predicted octanol–water partition coefficient (Wildman–Crippen LogP) is 2.87. The molecule has 2 aromatic rings. The molecule has 0 radical (unpaired) electrons. The Balaban J connectivity index is 1.39. The van der Waals surface area contributed by atoms with Crippen LogP contribution in [-0.4, -0.2) is 29.6 Å². The number of rotatable bonds is 4. The Labute approximate surface area is 146 Å². The molecule has 2 aliphatic rings. The summed E-state index contributed by atoms with van der Waals surface area (Å²) in [7, 11) is 0. The summed E-state index contributed by atoms with van der Waals surface area (Å²) < 4.78 is 5.23. The van der Waals surface area contributed by atoms with E-state index >= 15 is 0 Å². The lowest BCUT2D eigenvalue weighted by Gasteiger charge is -2.16. The zero-order valence-electron chi connectivity index (χ0n) is 14.0. The van der Waals surface area contributed by atoms with Crippen LogP contribution >= 0.6 is 0 Å². The molecule has 1 atom stereocenters. The van der Waals surface area contributed by atoms with Gasteiger partial charge >= 0.3 is 0 Å².